The van der Waals surface area contributed by atoms with Gasteiger partial charge in [0.15, 0.2) is 6.29 Å². The minimum atomic E-state index is -0.395. The molecule has 0 atom stereocenters. The summed E-state index contributed by atoms with van der Waals surface area (Å²) < 4.78 is 0. The SMILES string of the molecule is CCCCCCC(CCCCCC)c1ccc2c3c(-c4ccc(N5CCN(C)CC5)cc4)cc(C=O)c4c(C(=O)N(C)C(CCCCCC)CCCCCC)ccc(c5ccc(C(=O)NC(C)=O)c1c52)c43. The second kappa shape index (κ2) is 25.9. The minimum Gasteiger partial charge on any atom is -0.369 e. The van der Waals surface area contributed by atoms with Gasteiger partial charge in [0.25, 0.3) is 11.8 Å². The number of hydrogen-bond acceptors (Lipinski definition) is 6. The number of carbonyl (C=O) groups excluding carboxylic acids is 4. The van der Waals surface area contributed by atoms with Crippen molar-refractivity contribution in [1.29, 1.82) is 0 Å². The Hall–Kier alpha value is -5.34. The Labute approximate surface area is 425 Å². The number of carbonyl (C=O) groups is 4. The molecule has 3 amide bonds. The first-order chi connectivity index (χ1) is 34.6. The third-order valence-electron chi connectivity index (χ3n) is 15.9. The van der Waals surface area contributed by atoms with Crippen LogP contribution in [0.15, 0.2) is 66.7 Å². The van der Waals surface area contributed by atoms with E-state index < -0.39 is 11.8 Å². The summed E-state index contributed by atoms with van der Waals surface area (Å²) in [6.07, 6.45) is 23.4. The van der Waals surface area contributed by atoms with Crippen LogP contribution in [-0.4, -0.2) is 80.1 Å². The summed E-state index contributed by atoms with van der Waals surface area (Å²) in [5.74, 6) is -0.613. The van der Waals surface area contributed by atoms with Gasteiger partial charge < -0.3 is 14.7 Å². The van der Waals surface area contributed by atoms with Crippen molar-refractivity contribution in [1.82, 2.24) is 15.1 Å². The van der Waals surface area contributed by atoms with Crippen LogP contribution in [0.4, 0.5) is 5.69 Å². The highest BCUT2D eigenvalue weighted by Gasteiger charge is 2.30. The molecule has 0 unspecified atom stereocenters. The first-order valence-corrected chi connectivity index (χ1v) is 27.9. The number of nitrogens with one attached hydrogen (secondary N) is 1. The van der Waals surface area contributed by atoms with Gasteiger partial charge in [0.2, 0.25) is 5.91 Å². The number of fused-ring (bicyclic) bond motifs is 2. The van der Waals surface area contributed by atoms with E-state index >= 15 is 4.79 Å². The van der Waals surface area contributed by atoms with Crippen molar-refractivity contribution in [2.45, 2.75) is 175 Å². The molecule has 7 rings (SSSR count). The summed E-state index contributed by atoms with van der Waals surface area (Å²) in [5.41, 5.74) is 5.78. The topological polar surface area (TPSA) is 90.0 Å². The Balaban J connectivity index is 1.51. The summed E-state index contributed by atoms with van der Waals surface area (Å²) >= 11 is 0. The second-order valence-corrected chi connectivity index (χ2v) is 21.0. The normalized spacial score (nSPS) is 13.5. The van der Waals surface area contributed by atoms with Crippen LogP contribution in [0.2, 0.25) is 0 Å². The predicted molar refractivity (Wildman–Crippen MR) is 300 cm³/mol. The summed E-state index contributed by atoms with van der Waals surface area (Å²) in [6, 6.07) is 23.4. The lowest BCUT2D eigenvalue weighted by Gasteiger charge is -2.34. The largest absolute Gasteiger partial charge is 0.369 e. The summed E-state index contributed by atoms with van der Waals surface area (Å²) in [5, 5.41) is 9.98. The van der Waals surface area contributed by atoms with E-state index in [2.05, 4.69) is 92.3 Å². The van der Waals surface area contributed by atoms with E-state index in [0.717, 1.165) is 177 Å². The van der Waals surface area contributed by atoms with Gasteiger partial charge in [0, 0.05) is 74.0 Å². The lowest BCUT2D eigenvalue weighted by molar-refractivity contribution is -0.118. The summed E-state index contributed by atoms with van der Waals surface area (Å²) in [7, 11) is 4.15. The van der Waals surface area contributed by atoms with Crippen molar-refractivity contribution in [2.24, 2.45) is 0 Å². The fourth-order valence-corrected chi connectivity index (χ4v) is 11.8. The number of hydrogen-bond donors (Lipinski definition) is 1. The standard InChI is InChI=1S/C63H84N4O4/c1-8-12-16-20-24-45(25-21-17-13-9-2)50-32-35-53-59-51(33-36-54(58(50)59)62(70)64-44(5)69)52-34-37-55(63(71)66(7)48(26-22-18-14-10-3)27-23-19-15-11-4)57-47(43-68)42-56(60(53)61(52)57)46-28-30-49(31-29-46)67-40-38-65(6)39-41-67/h28-37,42-43,45,48H,8-27,38-41H2,1-7H3,(H,64,69,70). The van der Waals surface area contributed by atoms with Gasteiger partial charge in [-0.05, 0) is 123 Å². The van der Waals surface area contributed by atoms with Gasteiger partial charge in [-0.1, -0.05) is 167 Å². The quantitative estimate of drug-likeness (QED) is 0.0239. The van der Waals surface area contributed by atoms with E-state index in [1.807, 2.05) is 36.2 Å². The van der Waals surface area contributed by atoms with Crippen LogP contribution in [0.1, 0.15) is 206 Å². The van der Waals surface area contributed by atoms with Crippen LogP contribution in [0.5, 0.6) is 0 Å². The van der Waals surface area contributed by atoms with Crippen molar-refractivity contribution in [3.63, 3.8) is 0 Å². The monoisotopic (exact) mass is 961 g/mol. The zero-order valence-electron chi connectivity index (χ0n) is 44.5. The number of imide groups is 1. The molecule has 6 aromatic rings. The predicted octanol–water partition coefficient (Wildman–Crippen LogP) is 15.7. The molecule has 71 heavy (non-hydrogen) atoms. The highest BCUT2D eigenvalue weighted by Crippen LogP contribution is 2.49. The molecular weight excluding hydrogens is 877 g/mol. The molecule has 1 heterocycles. The number of likely N-dealkylation sites (N-methyl/N-ethyl adjacent to an activating group) is 1. The molecule has 0 aromatic heterocycles. The lowest BCUT2D eigenvalue weighted by Crippen LogP contribution is -2.44. The molecule has 1 saturated heterocycles. The van der Waals surface area contributed by atoms with Gasteiger partial charge in [0.1, 0.15) is 0 Å². The van der Waals surface area contributed by atoms with E-state index in [1.165, 1.54) is 51.1 Å². The van der Waals surface area contributed by atoms with Crippen molar-refractivity contribution >= 4 is 72.8 Å². The third-order valence-corrected chi connectivity index (χ3v) is 15.9. The Morgan fingerprint density at radius 1 is 0.592 bits per heavy atom. The maximum absolute atomic E-state index is 15.3. The van der Waals surface area contributed by atoms with Crippen molar-refractivity contribution < 1.29 is 19.2 Å². The Bertz CT molecular complexity index is 2710. The van der Waals surface area contributed by atoms with Crippen LogP contribution in [0.3, 0.4) is 0 Å². The highest BCUT2D eigenvalue weighted by atomic mass is 16.2. The third kappa shape index (κ3) is 12.3. The van der Waals surface area contributed by atoms with E-state index in [4.69, 9.17) is 0 Å². The number of rotatable bonds is 27. The van der Waals surface area contributed by atoms with Gasteiger partial charge >= 0.3 is 0 Å². The summed E-state index contributed by atoms with van der Waals surface area (Å²) in [4.78, 5) is 62.8. The van der Waals surface area contributed by atoms with E-state index in [1.54, 1.807) is 0 Å². The van der Waals surface area contributed by atoms with Crippen LogP contribution in [0, 0.1) is 0 Å². The molecule has 1 aliphatic heterocycles. The van der Waals surface area contributed by atoms with E-state index in [0.29, 0.717) is 22.1 Å². The average Bonchev–Trinajstić information content (AvgIpc) is 3.38. The lowest BCUT2D eigenvalue weighted by atomic mass is 9.78. The van der Waals surface area contributed by atoms with Gasteiger partial charge in [-0.3, -0.25) is 24.5 Å². The molecule has 1 fully saturated rings. The minimum absolute atomic E-state index is 0.0533. The van der Waals surface area contributed by atoms with Gasteiger partial charge in [-0.15, -0.1) is 0 Å². The van der Waals surface area contributed by atoms with E-state index in [9.17, 15) is 14.4 Å². The maximum atomic E-state index is 15.3. The molecule has 0 spiro atoms. The number of anilines is 1. The second-order valence-electron chi connectivity index (χ2n) is 21.0. The van der Waals surface area contributed by atoms with Crippen LogP contribution in [-0.2, 0) is 4.79 Å². The molecule has 0 saturated carbocycles. The number of benzene rings is 6. The smallest absolute Gasteiger partial charge is 0.258 e. The van der Waals surface area contributed by atoms with Crippen LogP contribution >= 0.6 is 0 Å². The molecule has 6 aromatic carbocycles. The zero-order chi connectivity index (χ0) is 50.4. The van der Waals surface area contributed by atoms with Crippen molar-refractivity contribution in [3.05, 3.63) is 89.0 Å². The zero-order valence-corrected chi connectivity index (χ0v) is 44.5. The fraction of sp³-hybridized carbons (Fsp3) is 0.524. The molecule has 1 N–H and O–H groups in total. The fourth-order valence-electron chi connectivity index (χ4n) is 11.8. The Kier molecular flexibility index (Phi) is 19.5. The molecule has 1 aliphatic rings. The number of nitrogens with zero attached hydrogens (tertiary/aromatic N) is 3. The molecule has 8 heteroatoms. The first-order valence-electron chi connectivity index (χ1n) is 27.9. The molecule has 0 bridgehead atoms. The molecule has 0 aliphatic carbocycles. The van der Waals surface area contributed by atoms with Crippen LogP contribution in [0.25, 0.3) is 54.2 Å². The highest BCUT2D eigenvalue weighted by molar-refractivity contribution is 6.39. The van der Waals surface area contributed by atoms with Crippen LogP contribution < -0.4 is 10.2 Å². The first kappa shape index (κ1) is 53.5. The Morgan fingerprint density at radius 3 is 1.68 bits per heavy atom. The van der Waals surface area contributed by atoms with E-state index in [-0.39, 0.29) is 17.9 Å². The number of amides is 3. The number of piperazine rings is 1. The molecule has 8 nitrogen and oxygen atoms in total. The van der Waals surface area contributed by atoms with Crippen molar-refractivity contribution in [3.8, 4) is 11.1 Å². The van der Waals surface area contributed by atoms with Crippen molar-refractivity contribution in [2.75, 3.05) is 45.2 Å². The van der Waals surface area contributed by atoms with Gasteiger partial charge in [-0.25, -0.2) is 0 Å². The molecule has 380 valence electrons. The molecular formula is C63H84N4O4. The van der Waals surface area contributed by atoms with Gasteiger partial charge in [-0.2, -0.15) is 0 Å². The summed E-state index contributed by atoms with van der Waals surface area (Å²) in [6.45, 7) is 14.3. The molecule has 0 radical (unpaired) electrons. The van der Waals surface area contributed by atoms with Gasteiger partial charge in [0.05, 0.1) is 0 Å². The average molecular weight is 961 g/mol. The maximum Gasteiger partial charge on any atom is 0.258 e. The number of unbranched alkanes of at least 4 members (excludes halogenated alkanes) is 12. The Morgan fingerprint density at radius 2 is 1.13 bits per heavy atom. The number of aldehydes is 1.